The average molecular weight is 178 g/mol. The maximum atomic E-state index is 13.4. The standard InChI is InChI=1S/C11H11FO/c12-11(5-6-11)7-9-3-1-2-4-10(9)8-13/h1-4,8H,5-7H2. The summed E-state index contributed by atoms with van der Waals surface area (Å²) in [6.07, 6.45) is 2.46. The lowest BCUT2D eigenvalue weighted by atomic mass is 10.0. The summed E-state index contributed by atoms with van der Waals surface area (Å²) in [5, 5.41) is 0. The van der Waals surface area contributed by atoms with Gasteiger partial charge in [-0.1, -0.05) is 24.3 Å². The molecule has 0 heterocycles. The van der Waals surface area contributed by atoms with Crippen molar-refractivity contribution >= 4 is 6.29 Å². The highest BCUT2D eigenvalue weighted by molar-refractivity contribution is 5.77. The van der Waals surface area contributed by atoms with Gasteiger partial charge in [0.2, 0.25) is 0 Å². The van der Waals surface area contributed by atoms with Gasteiger partial charge < -0.3 is 0 Å². The lowest BCUT2D eigenvalue weighted by Gasteiger charge is -2.06. The number of alkyl halides is 1. The molecule has 0 amide bonds. The number of hydrogen-bond acceptors (Lipinski definition) is 1. The number of halogens is 1. The minimum absolute atomic E-state index is 0.391. The van der Waals surface area contributed by atoms with E-state index in [4.69, 9.17) is 0 Å². The molecule has 0 spiro atoms. The molecule has 0 atom stereocenters. The molecule has 1 nitrogen and oxygen atoms in total. The average Bonchev–Trinajstić information content (AvgIpc) is 2.84. The summed E-state index contributed by atoms with van der Waals surface area (Å²) in [5.41, 5.74) is 0.433. The van der Waals surface area contributed by atoms with Crippen molar-refractivity contribution in [2.24, 2.45) is 0 Å². The van der Waals surface area contributed by atoms with Gasteiger partial charge in [-0.05, 0) is 18.4 Å². The first-order valence-corrected chi connectivity index (χ1v) is 4.45. The van der Waals surface area contributed by atoms with Crippen LogP contribution in [0.2, 0.25) is 0 Å². The molecule has 0 saturated heterocycles. The third-order valence-electron chi connectivity index (χ3n) is 2.48. The number of hydrogen-bond donors (Lipinski definition) is 0. The molecule has 0 unspecified atom stereocenters. The normalized spacial score (nSPS) is 18.2. The number of carbonyl (C=O) groups is 1. The van der Waals surface area contributed by atoms with Gasteiger partial charge in [0.15, 0.2) is 0 Å². The van der Waals surface area contributed by atoms with Crippen LogP contribution in [0.15, 0.2) is 24.3 Å². The molecule has 1 fully saturated rings. The summed E-state index contributed by atoms with van der Waals surface area (Å²) in [6.45, 7) is 0. The van der Waals surface area contributed by atoms with Gasteiger partial charge in [0.1, 0.15) is 12.0 Å². The van der Waals surface area contributed by atoms with E-state index in [1.807, 2.05) is 12.1 Å². The second-order valence-electron chi connectivity index (χ2n) is 3.64. The molecule has 0 aromatic heterocycles. The van der Waals surface area contributed by atoms with Crippen LogP contribution >= 0.6 is 0 Å². The van der Waals surface area contributed by atoms with Crippen LogP contribution in [-0.2, 0) is 6.42 Å². The van der Waals surface area contributed by atoms with Crippen LogP contribution in [0, 0.1) is 0 Å². The first-order valence-electron chi connectivity index (χ1n) is 4.45. The van der Waals surface area contributed by atoms with E-state index >= 15 is 0 Å². The van der Waals surface area contributed by atoms with Gasteiger partial charge in [-0.15, -0.1) is 0 Å². The molecule has 0 N–H and O–H groups in total. The first kappa shape index (κ1) is 8.42. The smallest absolute Gasteiger partial charge is 0.150 e. The quantitative estimate of drug-likeness (QED) is 0.650. The minimum Gasteiger partial charge on any atom is -0.298 e. The number of aldehydes is 1. The SMILES string of the molecule is O=Cc1ccccc1CC1(F)CC1. The van der Waals surface area contributed by atoms with Crippen molar-refractivity contribution in [2.75, 3.05) is 0 Å². The Bertz CT molecular complexity index is 329. The fraction of sp³-hybridized carbons (Fsp3) is 0.364. The summed E-state index contributed by atoms with van der Waals surface area (Å²) in [5.74, 6) is 0. The van der Waals surface area contributed by atoms with Gasteiger partial charge in [0, 0.05) is 12.0 Å². The van der Waals surface area contributed by atoms with Crippen molar-refractivity contribution in [3.8, 4) is 0 Å². The van der Waals surface area contributed by atoms with E-state index in [1.54, 1.807) is 12.1 Å². The summed E-state index contributed by atoms with van der Waals surface area (Å²) in [7, 11) is 0. The van der Waals surface area contributed by atoms with Crippen molar-refractivity contribution in [3.63, 3.8) is 0 Å². The Morgan fingerprint density at radius 3 is 2.69 bits per heavy atom. The second-order valence-corrected chi connectivity index (χ2v) is 3.64. The van der Waals surface area contributed by atoms with Crippen LogP contribution in [0.4, 0.5) is 4.39 Å². The van der Waals surface area contributed by atoms with Crippen LogP contribution in [0.5, 0.6) is 0 Å². The van der Waals surface area contributed by atoms with Crippen LogP contribution in [-0.4, -0.2) is 12.0 Å². The van der Waals surface area contributed by atoms with Crippen LogP contribution in [0.1, 0.15) is 28.8 Å². The third-order valence-corrected chi connectivity index (χ3v) is 2.48. The molecule has 0 aliphatic heterocycles. The fourth-order valence-electron chi connectivity index (χ4n) is 1.46. The van der Waals surface area contributed by atoms with E-state index in [0.717, 1.165) is 11.8 Å². The highest BCUT2D eigenvalue weighted by Crippen LogP contribution is 2.42. The van der Waals surface area contributed by atoms with E-state index in [1.165, 1.54) is 0 Å². The molecule has 1 aromatic rings. The molecule has 1 aromatic carbocycles. The van der Waals surface area contributed by atoms with Crippen molar-refractivity contribution in [3.05, 3.63) is 35.4 Å². The minimum atomic E-state index is -1.01. The maximum Gasteiger partial charge on any atom is 0.150 e. The molecule has 13 heavy (non-hydrogen) atoms. The van der Waals surface area contributed by atoms with E-state index in [0.29, 0.717) is 24.8 Å². The van der Waals surface area contributed by atoms with E-state index in [-0.39, 0.29) is 0 Å². The highest BCUT2D eigenvalue weighted by atomic mass is 19.1. The Labute approximate surface area is 76.6 Å². The van der Waals surface area contributed by atoms with Gasteiger partial charge in [0.05, 0.1) is 0 Å². The molecule has 1 aliphatic rings. The predicted octanol–water partition coefficient (Wildman–Crippen LogP) is 2.54. The Kier molecular flexibility index (Phi) is 1.91. The van der Waals surface area contributed by atoms with Crippen LogP contribution in [0.3, 0.4) is 0 Å². The van der Waals surface area contributed by atoms with E-state index in [9.17, 15) is 9.18 Å². The van der Waals surface area contributed by atoms with Gasteiger partial charge in [0.25, 0.3) is 0 Å². The van der Waals surface area contributed by atoms with E-state index in [2.05, 4.69) is 0 Å². The van der Waals surface area contributed by atoms with Crippen molar-refractivity contribution < 1.29 is 9.18 Å². The molecule has 2 rings (SSSR count). The summed E-state index contributed by atoms with van der Waals surface area (Å²) in [4.78, 5) is 10.6. The van der Waals surface area contributed by atoms with Gasteiger partial charge in [-0.2, -0.15) is 0 Å². The molecule has 0 bridgehead atoms. The molecule has 2 heteroatoms. The topological polar surface area (TPSA) is 17.1 Å². The summed E-state index contributed by atoms with van der Waals surface area (Å²) in [6, 6.07) is 7.19. The summed E-state index contributed by atoms with van der Waals surface area (Å²) < 4.78 is 13.4. The molecule has 68 valence electrons. The van der Waals surface area contributed by atoms with Crippen molar-refractivity contribution in [1.82, 2.24) is 0 Å². The molecule has 1 aliphatic carbocycles. The number of carbonyl (C=O) groups excluding carboxylic acids is 1. The molecular formula is C11H11FO. The Morgan fingerprint density at radius 1 is 1.38 bits per heavy atom. The van der Waals surface area contributed by atoms with Gasteiger partial charge in [-0.3, -0.25) is 4.79 Å². The maximum absolute atomic E-state index is 13.4. The van der Waals surface area contributed by atoms with Crippen molar-refractivity contribution in [2.45, 2.75) is 24.9 Å². The Balaban J connectivity index is 2.23. The predicted molar refractivity (Wildman–Crippen MR) is 48.6 cm³/mol. The fourth-order valence-corrected chi connectivity index (χ4v) is 1.46. The number of rotatable bonds is 3. The van der Waals surface area contributed by atoms with Gasteiger partial charge >= 0.3 is 0 Å². The molecular weight excluding hydrogens is 167 g/mol. The first-order chi connectivity index (χ1) is 6.23. The lowest BCUT2D eigenvalue weighted by molar-refractivity contribution is 0.112. The van der Waals surface area contributed by atoms with Gasteiger partial charge in [-0.25, -0.2) is 4.39 Å². The number of benzene rings is 1. The second kappa shape index (κ2) is 2.95. The summed E-state index contributed by atoms with van der Waals surface area (Å²) >= 11 is 0. The largest absolute Gasteiger partial charge is 0.298 e. The monoisotopic (exact) mass is 178 g/mol. The van der Waals surface area contributed by atoms with Crippen LogP contribution in [0.25, 0.3) is 0 Å². The third kappa shape index (κ3) is 1.77. The zero-order valence-corrected chi connectivity index (χ0v) is 7.29. The van der Waals surface area contributed by atoms with Crippen LogP contribution < -0.4 is 0 Å². The molecule has 0 radical (unpaired) electrons. The highest BCUT2D eigenvalue weighted by Gasteiger charge is 2.43. The van der Waals surface area contributed by atoms with Crippen molar-refractivity contribution in [1.29, 1.82) is 0 Å². The zero-order valence-electron chi connectivity index (χ0n) is 7.29. The lowest BCUT2D eigenvalue weighted by Crippen LogP contribution is -2.06. The van der Waals surface area contributed by atoms with E-state index < -0.39 is 5.67 Å². The Hall–Kier alpha value is -1.18. The zero-order chi connectivity index (χ0) is 9.31. The molecule has 1 saturated carbocycles. The Morgan fingerprint density at radius 2 is 2.08 bits per heavy atom.